The second-order valence-electron chi connectivity index (χ2n) is 6.60. The SMILES string of the molecule is Cc1nc2c([nH]1)CC(NC(=O)CCOc1ccc(C)c(C)c1)CC2. The Morgan fingerprint density at radius 3 is 2.96 bits per heavy atom. The number of hydrogen-bond acceptors (Lipinski definition) is 3. The first kappa shape index (κ1) is 16.6. The third kappa shape index (κ3) is 3.96. The minimum Gasteiger partial charge on any atom is -0.493 e. The van der Waals surface area contributed by atoms with Gasteiger partial charge in [-0.05, 0) is 56.9 Å². The van der Waals surface area contributed by atoms with E-state index < -0.39 is 0 Å². The molecule has 0 bridgehead atoms. The van der Waals surface area contributed by atoms with E-state index in [-0.39, 0.29) is 11.9 Å². The number of aromatic nitrogens is 2. The number of ether oxygens (including phenoxy) is 1. The molecule has 1 atom stereocenters. The molecule has 128 valence electrons. The van der Waals surface area contributed by atoms with Gasteiger partial charge in [0.1, 0.15) is 11.6 Å². The number of carbonyl (C=O) groups excluding carboxylic acids is 1. The van der Waals surface area contributed by atoms with Crippen LogP contribution in [-0.2, 0) is 17.6 Å². The molecular weight excluding hydrogens is 302 g/mol. The Bertz CT molecular complexity index is 736. The summed E-state index contributed by atoms with van der Waals surface area (Å²) in [4.78, 5) is 19.9. The molecule has 0 aliphatic heterocycles. The van der Waals surface area contributed by atoms with Crippen molar-refractivity contribution in [1.82, 2.24) is 15.3 Å². The largest absolute Gasteiger partial charge is 0.493 e. The van der Waals surface area contributed by atoms with E-state index in [0.717, 1.165) is 42.2 Å². The van der Waals surface area contributed by atoms with Gasteiger partial charge in [0.15, 0.2) is 0 Å². The van der Waals surface area contributed by atoms with Crippen molar-refractivity contribution in [3.8, 4) is 5.75 Å². The third-order valence-corrected chi connectivity index (χ3v) is 4.60. The van der Waals surface area contributed by atoms with Crippen LogP contribution in [0.4, 0.5) is 0 Å². The average Bonchev–Trinajstić information content (AvgIpc) is 2.90. The monoisotopic (exact) mass is 327 g/mol. The van der Waals surface area contributed by atoms with Gasteiger partial charge in [0.2, 0.25) is 5.91 Å². The molecule has 2 N–H and O–H groups in total. The Kier molecular flexibility index (Phi) is 4.88. The summed E-state index contributed by atoms with van der Waals surface area (Å²) in [5, 5.41) is 3.11. The van der Waals surface area contributed by atoms with Crippen LogP contribution in [0.1, 0.15) is 41.2 Å². The Morgan fingerprint density at radius 2 is 2.17 bits per heavy atom. The van der Waals surface area contributed by atoms with Crippen molar-refractivity contribution in [3.05, 3.63) is 46.5 Å². The van der Waals surface area contributed by atoms with Gasteiger partial charge in [-0.1, -0.05) is 6.07 Å². The lowest BCUT2D eigenvalue weighted by atomic mass is 9.96. The molecule has 0 radical (unpaired) electrons. The van der Waals surface area contributed by atoms with E-state index in [2.05, 4.69) is 29.1 Å². The Balaban J connectivity index is 1.44. The van der Waals surface area contributed by atoms with E-state index in [0.29, 0.717) is 13.0 Å². The molecule has 3 rings (SSSR count). The number of rotatable bonds is 5. The van der Waals surface area contributed by atoms with Crippen LogP contribution in [0, 0.1) is 20.8 Å². The summed E-state index contributed by atoms with van der Waals surface area (Å²) in [6, 6.07) is 6.18. The van der Waals surface area contributed by atoms with Gasteiger partial charge in [-0.25, -0.2) is 4.98 Å². The summed E-state index contributed by atoms with van der Waals surface area (Å²) < 4.78 is 5.68. The highest BCUT2D eigenvalue weighted by Crippen LogP contribution is 2.19. The topological polar surface area (TPSA) is 67.0 Å². The summed E-state index contributed by atoms with van der Waals surface area (Å²) in [5.41, 5.74) is 4.75. The number of benzene rings is 1. The molecule has 0 saturated carbocycles. The fraction of sp³-hybridized carbons (Fsp3) is 0.474. The minimum absolute atomic E-state index is 0.0449. The molecular formula is C19H25N3O2. The predicted molar refractivity (Wildman–Crippen MR) is 93.3 cm³/mol. The lowest BCUT2D eigenvalue weighted by Crippen LogP contribution is -2.39. The molecule has 24 heavy (non-hydrogen) atoms. The maximum Gasteiger partial charge on any atom is 0.223 e. The molecule has 2 aromatic rings. The van der Waals surface area contributed by atoms with Gasteiger partial charge in [0.25, 0.3) is 0 Å². The van der Waals surface area contributed by atoms with Crippen LogP contribution >= 0.6 is 0 Å². The number of hydrogen-bond donors (Lipinski definition) is 2. The van der Waals surface area contributed by atoms with Gasteiger partial charge in [0, 0.05) is 18.2 Å². The second kappa shape index (κ2) is 7.07. The van der Waals surface area contributed by atoms with Crippen LogP contribution < -0.4 is 10.1 Å². The van der Waals surface area contributed by atoms with Gasteiger partial charge in [-0.15, -0.1) is 0 Å². The summed E-state index contributed by atoms with van der Waals surface area (Å²) in [6.07, 6.45) is 3.07. The van der Waals surface area contributed by atoms with Crippen molar-refractivity contribution in [2.75, 3.05) is 6.61 Å². The van der Waals surface area contributed by atoms with Crippen LogP contribution in [-0.4, -0.2) is 28.5 Å². The summed E-state index contributed by atoms with van der Waals surface area (Å²) >= 11 is 0. The Hall–Kier alpha value is -2.30. The van der Waals surface area contributed by atoms with Gasteiger partial charge in [0.05, 0.1) is 18.7 Å². The van der Waals surface area contributed by atoms with E-state index in [1.165, 1.54) is 11.1 Å². The first-order valence-corrected chi connectivity index (χ1v) is 8.55. The molecule has 0 spiro atoms. The van der Waals surface area contributed by atoms with E-state index in [1.807, 2.05) is 25.1 Å². The maximum atomic E-state index is 12.1. The quantitative estimate of drug-likeness (QED) is 0.887. The molecule has 1 aromatic heterocycles. The molecule has 1 aliphatic rings. The van der Waals surface area contributed by atoms with Gasteiger partial charge < -0.3 is 15.0 Å². The van der Waals surface area contributed by atoms with Gasteiger partial charge in [-0.3, -0.25) is 4.79 Å². The van der Waals surface area contributed by atoms with Crippen LogP contribution in [0.3, 0.4) is 0 Å². The number of nitrogens with one attached hydrogen (secondary N) is 2. The van der Waals surface area contributed by atoms with Crippen molar-refractivity contribution < 1.29 is 9.53 Å². The third-order valence-electron chi connectivity index (χ3n) is 4.60. The molecule has 0 fully saturated rings. The lowest BCUT2D eigenvalue weighted by molar-refractivity contribution is -0.122. The fourth-order valence-electron chi connectivity index (χ4n) is 3.11. The van der Waals surface area contributed by atoms with Gasteiger partial charge >= 0.3 is 0 Å². The number of aryl methyl sites for hydroxylation is 4. The van der Waals surface area contributed by atoms with Crippen molar-refractivity contribution in [1.29, 1.82) is 0 Å². The van der Waals surface area contributed by atoms with Crippen molar-refractivity contribution in [2.45, 2.75) is 52.5 Å². The summed E-state index contributed by atoms with van der Waals surface area (Å²) in [5.74, 6) is 1.82. The lowest BCUT2D eigenvalue weighted by Gasteiger charge is -2.22. The Morgan fingerprint density at radius 1 is 1.33 bits per heavy atom. The number of nitrogens with zero attached hydrogens (tertiary/aromatic N) is 1. The predicted octanol–water partition coefficient (Wildman–Crippen LogP) is 2.78. The maximum absolute atomic E-state index is 12.1. The zero-order valence-electron chi connectivity index (χ0n) is 14.6. The average molecular weight is 327 g/mol. The number of fused-ring (bicyclic) bond motifs is 1. The number of H-pyrrole nitrogens is 1. The number of aromatic amines is 1. The number of carbonyl (C=O) groups is 1. The van der Waals surface area contributed by atoms with E-state index in [1.54, 1.807) is 0 Å². The smallest absolute Gasteiger partial charge is 0.223 e. The van der Waals surface area contributed by atoms with Crippen molar-refractivity contribution in [2.24, 2.45) is 0 Å². The van der Waals surface area contributed by atoms with Gasteiger partial charge in [-0.2, -0.15) is 0 Å². The number of amides is 1. The zero-order chi connectivity index (χ0) is 17.1. The molecule has 0 saturated heterocycles. The van der Waals surface area contributed by atoms with Crippen LogP contribution in [0.5, 0.6) is 5.75 Å². The zero-order valence-corrected chi connectivity index (χ0v) is 14.6. The van der Waals surface area contributed by atoms with E-state index in [4.69, 9.17) is 4.74 Å². The Labute approximate surface area is 142 Å². The van der Waals surface area contributed by atoms with Crippen LogP contribution in [0.2, 0.25) is 0 Å². The molecule has 5 heteroatoms. The van der Waals surface area contributed by atoms with Crippen molar-refractivity contribution >= 4 is 5.91 Å². The molecule has 1 aromatic carbocycles. The number of imidazole rings is 1. The minimum atomic E-state index is 0.0449. The highest BCUT2D eigenvalue weighted by atomic mass is 16.5. The van der Waals surface area contributed by atoms with Crippen LogP contribution in [0.25, 0.3) is 0 Å². The first-order valence-electron chi connectivity index (χ1n) is 8.55. The van der Waals surface area contributed by atoms with Crippen molar-refractivity contribution in [3.63, 3.8) is 0 Å². The standard InChI is InChI=1S/C19H25N3O2/c1-12-4-6-16(10-13(12)2)24-9-8-19(23)22-15-5-7-17-18(11-15)21-14(3)20-17/h4,6,10,15H,5,7-9,11H2,1-3H3,(H,20,21)(H,22,23). The molecule has 1 amide bonds. The van der Waals surface area contributed by atoms with Crippen LogP contribution in [0.15, 0.2) is 18.2 Å². The molecule has 1 aliphatic carbocycles. The normalized spacial score (nSPS) is 16.5. The highest BCUT2D eigenvalue weighted by molar-refractivity contribution is 5.76. The fourth-order valence-corrected chi connectivity index (χ4v) is 3.11. The summed E-state index contributed by atoms with van der Waals surface area (Å²) in [7, 11) is 0. The first-order chi connectivity index (χ1) is 11.5. The second-order valence-corrected chi connectivity index (χ2v) is 6.60. The highest BCUT2D eigenvalue weighted by Gasteiger charge is 2.22. The molecule has 1 unspecified atom stereocenters. The molecule has 5 nitrogen and oxygen atoms in total. The summed E-state index contributed by atoms with van der Waals surface area (Å²) in [6.45, 7) is 6.50. The van der Waals surface area contributed by atoms with E-state index in [9.17, 15) is 4.79 Å². The molecule has 1 heterocycles. The van der Waals surface area contributed by atoms with E-state index >= 15 is 0 Å².